The summed E-state index contributed by atoms with van der Waals surface area (Å²) < 4.78 is 5.57. The van der Waals surface area contributed by atoms with Crippen LogP contribution in [-0.4, -0.2) is 41.8 Å². The van der Waals surface area contributed by atoms with Gasteiger partial charge < -0.3 is 15.0 Å². The van der Waals surface area contributed by atoms with Crippen LogP contribution >= 0.6 is 0 Å². The van der Waals surface area contributed by atoms with Gasteiger partial charge in [-0.05, 0) is 31.4 Å². The Morgan fingerprint density at radius 2 is 1.79 bits per heavy atom. The van der Waals surface area contributed by atoms with E-state index in [4.69, 9.17) is 4.74 Å². The Balaban J connectivity index is 1.87. The van der Waals surface area contributed by atoms with Gasteiger partial charge in [0.25, 0.3) is 11.6 Å². The Morgan fingerprint density at radius 3 is 2.41 bits per heavy atom. The van der Waals surface area contributed by atoms with E-state index in [0.29, 0.717) is 18.7 Å². The van der Waals surface area contributed by atoms with E-state index in [2.05, 4.69) is 5.32 Å². The molecule has 1 heterocycles. The summed E-state index contributed by atoms with van der Waals surface area (Å²) in [5, 5.41) is 14.0. The molecule has 1 atom stereocenters. The van der Waals surface area contributed by atoms with Gasteiger partial charge in [-0.2, -0.15) is 0 Å². The highest BCUT2D eigenvalue weighted by molar-refractivity contribution is 5.94. The number of rotatable bonds is 6. The van der Waals surface area contributed by atoms with Crippen molar-refractivity contribution in [3.05, 3.63) is 69.8 Å². The van der Waals surface area contributed by atoms with Crippen LogP contribution in [0.2, 0.25) is 0 Å². The summed E-state index contributed by atoms with van der Waals surface area (Å²) in [6.07, 6.45) is 1.81. The third-order valence-electron chi connectivity index (χ3n) is 4.92. The lowest BCUT2D eigenvalue weighted by Gasteiger charge is -2.30. The molecule has 2 aromatic carbocycles. The lowest BCUT2D eigenvalue weighted by atomic mass is 10.1. The molecule has 0 bridgehead atoms. The first-order valence-corrected chi connectivity index (χ1v) is 9.52. The fraction of sp³-hybridized carbons (Fsp3) is 0.333. The predicted molar refractivity (Wildman–Crippen MR) is 108 cm³/mol. The minimum absolute atomic E-state index is 0.0167. The van der Waals surface area contributed by atoms with Gasteiger partial charge in [-0.25, -0.2) is 4.79 Å². The first-order chi connectivity index (χ1) is 14.0. The summed E-state index contributed by atoms with van der Waals surface area (Å²) >= 11 is 0. The second-order valence-electron chi connectivity index (χ2n) is 6.82. The van der Waals surface area contributed by atoms with Gasteiger partial charge in [-0.3, -0.25) is 14.9 Å². The molecular weight excluding hydrogens is 374 g/mol. The van der Waals surface area contributed by atoms with Crippen molar-refractivity contribution in [3.63, 3.8) is 0 Å². The molecule has 1 amide bonds. The second kappa shape index (κ2) is 9.18. The highest BCUT2D eigenvalue weighted by atomic mass is 16.6. The van der Waals surface area contributed by atoms with Crippen LogP contribution in [0.4, 0.5) is 11.4 Å². The maximum absolute atomic E-state index is 13.1. The van der Waals surface area contributed by atoms with Crippen LogP contribution in [0.3, 0.4) is 0 Å². The molecule has 1 aliphatic heterocycles. The van der Waals surface area contributed by atoms with Gasteiger partial charge in [0.15, 0.2) is 0 Å². The van der Waals surface area contributed by atoms with Crippen molar-refractivity contribution >= 4 is 23.3 Å². The number of anilines is 1. The molecule has 3 rings (SSSR count). The van der Waals surface area contributed by atoms with E-state index in [1.54, 1.807) is 36.2 Å². The van der Waals surface area contributed by atoms with E-state index in [0.717, 1.165) is 25.3 Å². The number of amides is 1. The molecule has 2 aromatic rings. The quantitative estimate of drug-likeness (QED) is 0.454. The molecule has 152 valence electrons. The molecule has 0 aromatic heterocycles. The molecule has 0 saturated carbocycles. The van der Waals surface area contributed by atoms with E-state index < -0.39 is 17.0 Å². The molecule has 0 spiro atoms. The number of esters is 1. The van der Waals surface area contributed by atoms with Crippen molar-refractivity contribution in [2.24, 2.45) is 0 Å². The first-order valence-electron chi connectivity index (χ1n) is 9.52. The van der Waals surface area contributed by atoms with Crippen molar-refractivity contribution in [2.75, 3.05) is 25.5 Å². The Hall–Kier alpha value is -3.42. The lowest BCUT2D eigenvalue weighted by molar-refractivity contribution is -0.384. The van der Waals surface area contributed by atoms with Crippen molar-refractivity contribution in [1.29, 1.82) is 0 Å². The van der Waals surface area contributed by atoms with Gasteiger partial charge in [0.05, 0.1) is 10.5 Å². The largest absolute Gasteiger partial charge is 0.444 e. The zero-order valence-corrected chi connectivity index (χ0v) is 16.2. The van der Waals surface area contributed by atoms with Crippen molar-refractivity contribution in [1.82, 2.24) is 4.90 Å². The minimum atomic E-state index is -1.09. The van der Waals surface area contributed by atoms with Gasteiger partial charge in [0, 0.05) is 31.8 Å². The van der Waals surface area contributed by atoms with E-state index in [9.17, 15) is 19.7 Å². The summed E-state index contributed by atoms with van der Waals surface area (Å²) in [6, 6.07) is 12.8. The zero-order chi connectivity index (χ0) is 20.8. The van der Waals surface area contributed by atoms with E-state index >= 15 is 0 Å². The van der Waals surface area contributed by atoms with E-state index in [1.165, 1.54) is 12.1 Å². The van der Waals surface area contributed by atoms with Crippen molar-refractivity contribution in [2.45, 2.75) is 25.4 Å². The molecule has 1 saturated heterocycles. The SMILES string of the molecule is CNc1ccc(C(=O)O[C@H](C(=O)N2CCCCC2)c2ccccc2)cc1[N+](=O)[O-]. The van der Waals surface area contributed by atoms with Crippen LogP contribution in [0.5, 0.6) is 0 Å². The van der Waals surface area contributed by atoms with Crippen LogP contribution in [0.25, 0.3) is 0 Å². The highest BCUT2D eigenvalue weighted by Gasteiger charge is 2.31. The fourth-order valence-electron chi connectivity index (χ4n) is 3.37. The van der Waals surface area contributed by atoms with Crippen molar-refractivity contribution in [3.8, 4) is 0 Å². The average molecular weight is 397 g/mol. The molecule has 0 unspecified atom stereocenters. The van der Waals surface area contributed by atoms with Crippen LogP contribution in [0, 0.1) is 10.1 Å². The molecule has 1 aliphatic rings. The topological polar surface area (TPSA) is 102 Å². The van der Waals surface area contributed by atoms with E-state index in [-0.39, 0.29) is 22.8 Å². The molecule has 1 N–H and O–H groups in total. The minimum Gasteiger partial charge on any atom is -0.444 e. The normalized spacial score (nSPS) is 14.7. The number of nitrogens with zero attached hydrogens (tertiary/aromatic N) is 2. The zero-order valence-electron chi connectivity index (χ0n) is 16.2. The summed E-state index contributed by atoms with van der Waals surface area (Å²) in [5.74, 6) is -1.06. The monoisotopic (exact) mass is 397 g/mol. The Bertz CT molecular complexity index is 894. The lowest BCUT2D eigenvalue weighted by Crippen LogP contribution is -2.40. The maximum Gasteiger partial charge on any atom is 0.339 e. The number of carbonyl (C=O) groups is 2. The number of piperidine rings is 1. The van der Waals surface area contributed by atoms with Crippen LogP contribution in [-0.2, 0) is 9.53 Å². The Morgan fingerprint density at radius 1 is 1.10 bits per heavy atom. The number of likely N-dealkylation sites (tertiary alicyclic amines) is 1. The van der Waals surface area contributed by atoms with Gasteiger partial charge in [-0.15, -0.1) is 0 Å². The number of nitro benzene ring substituents is 1. The number of hydrogen-bond donors (Lipinski definition) is 1. The van der Waals surface area contributed by atoms with Crippen LogP contribution in [0.15, 0.2) is 48.5 Å². The smallest absolute Gasteiger partial charge is 0.339 e. The van der Waals surface area contributed by atoms with E-state index in [1.807, 2.05) is 6.07 Å². The molecular formula is C21H23N3O5. The molecule has 8 nitrogen and oxygen atoms in total. The number of ether oxygens (including phenoxy) is 1. The fourth-order valence-corrected chi connectivity index (χ4v) is 3.37. The summed E-state index contributed by atoms with van der Waals surface area (Å²) in [7, 11) is 1.56. The van der Waals surface area contributed by atoms with Crippen LogP contribution < -0.4 is 5.32 Å². The second-order valence-corrected chi connectivity index (χ2v) is 6.82. The molecule has 0 aliphatic carbocycles. The summed E-state index contributed by atoms with van der Waals surface area (Å²) in [5.41, 5.74) is 0.636. The number of nitrogens with one attached hydrogen (secondary N) is 1. The predicted octanol–water partition coefficient (Wildman–Crippen LogP) is 3.55. The number of nitro groups is 1. The van der Waals surface area contributed by atoms with Crippen LogP contribution in [0.1, 0.15) is 41.3 Å². The van der Waals surface area contributed by atoms with Crippen molar-refractivity contribution < 1.29 is 19.2 Å². The third-order valence-corrected chi connectivity index (χ3v) is 4.92. The number of hydrogen-bond acceptors (Lipinski definition) is 6. The Labute approximate surface area is 168 Å². The summed E-state index contributed by atoms with van der Waals surface area (Å²) in [6.45, 7) is 1.25. The van der Waals surface area contributed by atoms with Gasteiger partial charge in [0.2, 0.25) is 6.10 Å². The average Bonchev–Trinajstić information content (AvgIpc) is 2.77. The molecule has 29 heavy (non-hydrogen) atoms. The Kier molecular flexibility index (Phi) is 6.43. The molecule has 1 fully saturated rings. The maximum atomic E-state index is 13.1. The number of benzene rings is 2. The first kappa shape index (κ1) is 20.3. The van der Waals surface area contributed by atoms with Gasteiger partial charge >= 0.3 is 5.97 Å². The molecule has 8 heteroatoms. The third kappa shape index (κ3) is 4.71. The standard InChI is InChI=1S/C21H23N3O5/c1-22-17-11-10-16(14-18(17)24(27)28)21(26)29-19(15-8-4-2-5-9-15)20(25)23-12-6-3-7-13-23/h2,4-5,8-11,14,19,22H,3,6-7,12-13H2,1H3/t19-/m0/s1. The summed E-state index contributed by atoms with van der Waals surface area (Å²) in [4.78, 5) is 38.2. The number of carbonyl (C=O) groups excluding carboxylic acids is 2. The van der Waals surface area contributed by atoms with Gasteiger partial charge in [0.1, 0.15) is 5.69 Å². The molecule has 0 radical (unpaired) electrons. The van der Waals surface area contributed by atoms with Gasteiger partial charge in [-0.1, -0.05) is 30.3 Å². The highest BCUT2D eigenvalue weighted by Crippen LogP contribution is 2.28.